The Morgan fingerprint density at radius 2 is 2.05 bits per heavy atom. The van der Waals surface area contributed by atoms with Crippen LogP contribution in [0.1, 0.15) is 26.3 Å². The summed E-state index contributed by atoms with van der Waals surface area (Å²) >= 11 is 0. The van der Waals surface area contributed by atoms with E-state index in [0.717, 1.165) is 23.4 Å². The monoisotopic (exact) mass is 305 g/mol. The van der Waals surface area contributed by atoms with Crippen LogP contribution in [0.4, 0.5) is 10.5 Å². The molecule has 3 amide bonds. The number of urea groups is 1. The van der Waals surface area contributed by atoms with E-state index in [1.165, 1.54) is 0 Å². The maximum Gasteiger partial charge on any atom is 0.312 e. The van der Waals surface area contributed by atoms with E-state index in [4.69, 9.17) is 10.5 Å². The number of hydrogen-bond acceptors (Lipinski definition) is 3. The lowest BCUT2D eigenvalue weighted by Crippen LogP contribution is -2.55. The maximum absolute atomic E-state index is 12.9. The summed E-state index contributed by atoms with van der Waals surface area (Å²) in [7, 11) is 1.62. The number of anilines is 1. The Morgan fingerprint density at radius 1 is 1.36 bits per heavy atom. The molecule has 22 heavy (non-hydrogen) atoms. The largest absolute Gasteiger partial charge is 0.497 e. The average molecular weight is 305 g/mol. The van der Waals surface area contributed by atoms with Crippen molar-refractivity contribution in [3.63, 3.8) is 0 Å². The van der Waals surface area contributed by atoms with Crippen molar-refractivity contribution >= 4 is 17.6 Å². The second-order valence-electron chi connectivity index (χ2n) is 6.54. The number of benzene rings is 1. The van der Waals surface area contributed by atoms with Gasteiger partial charge in [0.25, 0.3) is 0 Å². The van der Waals surface area contributed by atoms with Crippen LogP contribution in [0, 0.1) is 5.41 Å². The second-order valence-corrected chi connectivity index (χ2v) is 6.54. The van der Waals surface area contributed by atoms with E-state index in [0.29, 0.717) is 6.54 Å². The SMILES string of the molecule is COc1ccc2c(c1)CCN2C(=O)C(NC(N)=O)C(C)(C)C. The molecule has 0 radical (unpaired) electrons. The molecule has 6 nitrogen and oxygen atoms in total. The molecule has 0 saturated carbocycles. The van der Waals surface area contributed by atoms with E-state index in [9.17, 15) is 9.59 Å². The predicted octanol–water partition coefficient (Wildman–Crippen LogP) is 1.67. The first-order valence-corrected chi connectivity index (χ1v) is 7.28. The van der Waals surface area contributed by atoms with Crippen molar-refractivity contribution in [2.24, 2.45) is 11.1 Å². The Hall–Kier alpha value is -2.24. The molecular weight excluding hydrogens is 282 g/mol. The van der Waals surface area contributed by atoms with Gasteiger partial charge in [-0.3, -0.25) is 4.79 Å². The van der Waals surface area contributed by atoms with Crippen molar-refractivity contribution in [1.29, 1.82) is 0 Å². The van der Waals surface area contributed by atoms with E-state index >= 15 is 0 Å². The summed E-state index contributed by atoms with van der Waals surface area (Å²) in [5, 5.41) is 2.57. The van der Waals surface area contributed by atoms with Gasteiger partial charge in [0.15, 0.2) is 0 Å². The second kappa shape index (κ2) is 5.87. The van der Waals surface area contributed by atoms with Crippen LogP contribution < -0.4 is 20.7 Å². The number of hydrogen-bond donors (Lipinski definition) is 2. The third-order valence-corrected chi connectivity index (χ3v) is 3.85. The van der Waals surface area contributed by atoms with Crippen LogP contribution in [0.15, 0.2) is 18.2 Å². The zero-order valence-corrected chi connectivity index (χ0v) is 13.5. The van der Waals surface area contributed by atoms with Gasteiger partial charge in [0.2, 0.25) is 5.91 Å². The minimum absolute atomic E-state index is 0.143. The van der Waals surface area contributed by atoms with Gasteiger partial charge in [0.05, 0.1) is 7.11 Å². The van der Waals surface area contributed by atoms with Crippen LogP contribution in [0.3, 0.4) is 0 Å². The van der Waals surface area contributed by atoms with Crippen LogP contribution >= 0.6 is 0 Å². The van der Waals surface area contributed by atoms with E-state index in [-0.39, 0.29) is 5.91 Å². The first-order valence-electron chi connectivity index (χ1n) is 7.28. The van der Waals surface area contributed by atoms with Crippen molar-refractivity contribution in [2.75, 3.05) is 18.6 Å². The van der Waals surface area contributed by atoms with Gasteiger partial charge in [0, 0.05) is 12.2 Å². The molecule has 1 aromatic rings. The third-order valence-electron chi connectivity index (χ3n) is 3.85. The lowest BCUT2D eigenvalue weighted by Gasteiger charge is -2.33. The number of primary amides is 1. The first-order chi connectivity index (χ1) is 10.2. The van der Waals surface area contributed by atoms with Crippen molar-refractivity contribution < 1.29 is 14.3 Å². The molecule has 0 saturated heterocycles. The molecular formula is C16H23N3O3. The molecule has 1 aliphatic heterocycles. The van der Waals surface area contributed by atoms with Gasteiger partial charge < -0.3 is 20.7 Å². The molecule has 1 heterocycles. The number of amides is 3. The lowest BCUT2D eigenvalue weighted by atomic mass is 9.86. The molecule has 0 fully saturated rings. The van der Waals surface area contributed by atoms with Crippen molar-refractivity contribution in [1.82, 2.24) is 5.32 Å². The summed E-state index contributed by atoms with van der Waals surface area (Å²) < 4.78 is 5.21. The normalized spacial score (nSPS) is 15.2. The molecule has 1 atom stereocenters. The fourth-order valence-electron chi connectivity index (χ4n) is 2.68. The summed E-state index contributed by atoms with van der Waals surface area (Å²) in [6.45, 7) is 6.29. The number of carbonyl (C=O) groups is 2. The fourth-order valence-corrected chi connectivity index (χ4v) is 2.68. The molecule has 0 aliphatic carbocycles. The van der Waals surface area contributed by atoms with Gasteiger partial charge in [-0.25, -0.2) is 4.79 Å². The Morgan fingerprint density at radius 3 is 2.59 bits per heavy atom. The third kappa shape index (κ3) is 3.16. The Bertz CT molecular complexity index is 593. The minimum atomic E-state index is -0.692. The summed E-state index contributed by atoms with van der Waals surface area (Å²) in [6, 6.07) is 4.29. The zero-order chi connectivity index (χ0) is 16.5. The van der Waals surface area contributed by atoms with Gasteiger partial charge >= 0.3 is 6.03 Å². The van der Waals surface area contributed by atoms with Gasteiger partial charge in [-0.15, -0.1) is 0 Å². The maximum atomic E-state index is 12.9. The molecule has 120 valence electrons. The van der Waals surface area contributed by atoms with Crippen molar-refractivity contribution in [3.05, 3.63) is 23.8 Å². The summed E-state index contributed by atoms with van der Waals surface area (Å²) in [4.78, 5) is 25.8. The van der Waals surface area contributed by atoms with E-state index in [1.807, 2.05) is 39.0 Å². The van der Waals surface area contributed by atoms with Crippen molar-refractivity contribution in [2.45, 2.75) is 33.2 Å². The number of ether oxygens (including phenoxy) is 1. The van der Waals surface area contributed by atoms with Gasteiger partial charge in [-0.05, 0) is 35.6 Å². The highest BCUT2D eigenvalue weighted by Gasteiger charge is 2.37. The van der Waals surface area contributed by atoms with Crippen LogP contribution in [-0.4, -0.2) is 31.6 Å². The van der Waals surface area contributed by atoms with Crippen LogP contribution in [0.25, 0.3) is 0 Å². The fraction of sp³-hybridized carbons (Fsp3) is 0.500. The van der Waals surface area contributed by atoms with Crippen molar-refractivity contribution in [3.8, 4) is 5.75 Å². The van der Waals surface area contributed by atoms with Crippen LogP contribution in [0.5, 0.6) is 5.75 Å². The molecule has 1 aromatic carbocycles. The topological polar surface area (TPSA) is 84.7 Å². The number of methoxy groups -OCH3 is 1. The number of nitrogens with two attached hydrogens (primary N) is 1. The van der Waals surface area contributed by atoms with Gasteiger partial charge in [0.1, 0.15) is 11.8 Å². The molecule has 6 heteroatoms. The molecule has 0 spiro atoms. The van der Waals surface area contributed by atoms with Gasteiger partial charge in [-0.2, -0.15) is 0 Å². The number of nitrogens with zero attached hydrogens (tertiary/aromatic N) is 1. The highest BCUT2D eigenvalue weighted by atomic mass is 16.5. The van der Waals surface area contributed by atoms with E-state index < -0.39 is 17.5 Å². The van der Waals surface area contributed by atoms with E-state index in [1.54, 1.807) is 12.0 Å². The van der Waals surface area contributed by atoms with Gasteiger partial charge in [-0.1, -0.05) is 20.8 Å². The summed E-state index contributed by atoms with van der Waals surface area (Å²) in [5.74, 6) is 0.630. The average Bonchev–Trinajstić information content (AvgIpc) is 2.85. The summed E-state index contributed by atoms with van der Waals surface area (Å²) in [6.07, 6.45) is 0.770. The lowest BCUT2D eigenvalue weighted by molar-refractivity contribution is -0.122. The Balaban J connectivity index is 2.29. The first kappa shape index (κ1) is 16.1. The molecule has 0 aromatic heterocycles. The minimum Gasteiger partial charge on any atom is -0.497 e. The highest BCUT2D eigenvalue weighted by molar-refractivity contribution is 6.01. The van der Waals surface area contributed by atoms with Crippen LogP contribution in [0.2, 0.25) is 0 Å². The highest BCUT2D eigenvalue weighted by Crippen LogP contribution is 2.33. The standard InChI is InChI=1S/C16H23N3O3/c1-16(2,3)13(18-15(17)21)14(20)19-8-7-10-9-11(22-4)5-6-12(10)19/h5-6,9,13H,7-8H2,1-4H3,(H3,17,18,21). The molecule has 0 bridgehead atoms. The smallest absolute Gasteiger partial charge is 0.312 e. The number of carbonyl (C=O) groups excluding carboxylic acids is 2. The Kier molecular flexibility index (Phi) is 4.30. The molecule has 2 rings (SSSR count). The quantitative estimate of drug-likeness (QED) is 0.891. The molecule has 3 N–H and O–H groups in total. The Labute approximate surface area is 130 Å². The predicted molar refractivity (Wildman–Crippen MR) is 85.0 cm³/mol. The number of rotatable bonds is 3. The molecule has 1 unspecified atom stereocenters. The molecule has 1 aliphatic rings. The number of nitrogens with one attached hydrogen (secondary N) is 1. The van der Waals surface area contributed by atoms with E-state index in [2.05, 4.69) is 5.32 Å². The number of fused-ring (bicyclic) bond motifs is 1. The summed E-state index contributed by atoms with van der Waals surface area (Å²) in [5.41, 5.74) is 6.73. The zero-order valence-electron chi connectivity index (χ0n) is 13.5. The van der Waals surface area contributed by atoms with Crippen LogP contribution in [-0.2, 0) is 11.2 Å².